The second kappa shape index (κ2) is 4.41. The molecule has 18 heavy (non-hydrogen) atoms. The highest BCUT2D eigenvalue weighted by Gasteiger charge is 2.51. The zero-order valence-corrected chi connectivity index (χ0v) is 10.4. The number of carbonyl (C=O) groups is 1. The van der Waals surface area contributed by atoms with Crippen LogP contribution in [0.3, 0.4) is 0 Å². The van der Waals surface area contributed by atoms with Gasteiger partial charge in [-0.3, -0.25) is 4.79 Å². The molecule has 1 saturated carbocycles. The fourth-order valence-corrected chi connectivity index (χ4v) is 2.85. The van der Waals surface area contributed by atoms with Gasteiger partial charge in [0.1, 0.15) is 0 Å². The summed E-state index contributed by atoms with van der Waals surface area (Å²) in [6.07, 6.45) is 0. The number of benzene rings is 2. The number of Topliss-reactive ketones (excluding diaryl/α,β-unsaturated/α-hetero) is 1. The zero-order chi connectivity index (χ0) is 12.5. The molecule has 3 atom stereocenters. The van der Waals surface area contributed by atoms with Crippen molar-refractivity contribution >= 4 is 5.78 Å². The molecular weight excluding hydrogens is 220 g/mol. The van der Waals surface area contributed by atoms with E-state index in [2.05, 4.69) is 19.1 Å². The Hall–Kier alpha value is -1.89. The molecule has 0 heterocycles. The van der Waals surface area contributed by atoms with E-state index >= 15 is 0 Å². The minimum Gasteiger partial charge on any atom is -0.294 e. The topological polar surface area (TPSA) is 17.1 Å². The molecule has 0 unspecified atom stereocenters. The molecule has 0 aliphatic heterocycles. The van der Waals surface area contributed by atoms with Crippen LogP contribution in [0.2, 0.25) is 0 Å². The molecule has 0 amide bonds. The van der Waals surface area contributed by atoms with E-state index in [9.17, 15) is 4.79 Å². The van der Waals surface area contributed by atoms with Gasteiger partial charge in [-0.15, -0.1) is 0 Å². The summed E-state index contributed by atoms with van der Waals surface area (Å²) in [5, 5.41) is 0. The van der Waals surface area contributed by atoms with E-state index < -0.39 is 0 Å². The standard InChI is InChI=1S/C17H16O/c1-12-15(13-8-4-2-5-9-13)16(12)17(18)14-10-6-3-7-11-14/h2-12,15-16H,1H3/t12-,15-,16+/m1/s1. The maximum Gasteiger partial charge on any atom is 0.166 e. The number of ketones is 1. The minimum atomic E-state index is 0.162. The molecule has 0 radical (unpaired) electrons. The predicted molar refractivity (Wildman–Crippen MR) is 72.6 cm³/mol. The molecule has 0 bridgehead atoms. The lowest BCUT2D eigenvalue weighted by Gasteiger charge is -2.00. The van der Waals surface area contributed by atoms with Crippen LogP contribution < -0.4 is 0 Å². The Bertz CT molecular complexity index is 544. The highest BCUT2D eigenvalue weighted by Crippen LogP contribution is 2.54. The van der Waals surface area contributed by atoms with Gasteiger partial charge in [-0.05, 0) is 17.4 Å². The second-order valence-corrected chi connectivity index (χ2v) is 5.05. The van der Waals surface area contributed by atoms with Crippen LogP contribution in [0.25, 0.3) is 0 Å². The third-order valence-corrected chi connectivity index (χ3v) is 3.92. The van der Waals surface area contributed by atoms with Gasteiger partial charge >= 0.3 is 0 Å². The summed E-state index contributed by atoms with van der Waals surface area (Å²) in [6, 6.07) is 20.0. The Labute approximate surface area is 107 Å². The lowest BCUT2D eigenvalue weighted by atomic mass is 10.0. The van der Waals surface area contributed by atoms with Gasteiger partial charge in [0.2, 0.25) is 0 Å². The monoisotopic (exact) mass is 236 g/mol. The van der Waals surface area contributed by atoms with Crippen LogP contribution in [0.1, 0.15) is 28.8 Å². The number of carbonyl (C=O) groups excluding carboxylic acids is 1. The summed E-state index contributed by atoms with van der Waals surface area (Å²) in [5.74, 6) is 1.31. The molecule has 1 fully saturated rings. The predicted octanol–water partition coefficient (Wildman–Crippen LogP) is 3.92. The summed E-state index contributed by atoms with van der Waals surface area (Å²) in [5.41, 5.74) is 2.13. The summed E-state index contributed by atoms with van der Waals surface area (Å²) in [4.78, 5) is 12.4. The van der Waals surface area contributed by atoms with Crippen LogP contribution in [0, 0.1) is 11.8 Å². The first-order valence-corrected chi connectivity index (χ1v) is 6.43. The minimum absolute atomic E-state index is 0.162. The molecule has 1 nitrogen and oxygen atoms in total. The van der Waals surface area contributed by atoms with Crippen LogP contribution in [-0.2, 0) is 0 Å². The SMILES string of the molecule is C[C@H]1[C@H](C(=O)c2ccccc2)[C@H]1c1ccccc1. The van der Waals surface area contributed by atoms with Crippen molar-refractivity contribution in [3.05, 3.63) is 71.8 Å². The van der Waals surface area contributed by atoms with Crippen molar-refractivity contribution in [1.82, 2.24) is 0 Å². The van der Waals surface area contributed by atoms with Gasteiger partial charge in [0.15, 0.2) is 5.78 Å². The number of hydrogen-bond donors (Lipinski definition) is 0. The fourth-order valence-electron chi connectivity index (χ4n) is 2.85. The average molecular weight is 236 g/mol. The Morgan fingerprint density at radius 3 is 2.06 bits per heavy atom. The summed E-state index contributed by atoms with van der Waals surface area (Å²) < 4.78 is 0. The molecule has 0 aromatic heterocycles. The molecule has 2 aromatic carbocycles. The Morgan fingerprint density at radius 1 is 0.889 bits per heavy atom. The Morgan fingerprint density at radius 2 is 1.44 bits per heavy atom. The molecule has 0 saturated heterocycles. The molecular formula is C17H16O. The normalized spacial score (nSPS) is 25.7. The molecule has 0 spiro atoms. The average Bonchev–Trinajstić information content (AvgIpc) is 3.11. The van der Waals surface area contributed by atoms with Crippen LogP contribution in [0.15, 0.2) is 60.7 Å². The Balaban J connectivity index is 1.82. The van der Waals surface area contributed by atoms with Crippen molar-refractivity contribution in [1.29, 1.82) is 0 Å². The van der Waals surface area contributed by atoms with Crippen molar-refractivity contribution in [2.24, 2.45) is 11.8 Å². The van der Waals surface area contributed by atoms with Gasteiger partial charge in [0, 0.05) is 11.5 Å². The largest absolute Gasteiger partial charge is 0.294 e. The zero-order valence-electron chi connectivity index (χ0n) is 10.4. The first kappa shape index (κ1) is 11.2. The van der Waals surface area contributed by atoms with E-state index in [0.717, 1.165) is 5.56 Å². The van der Waals surface area contributed by atoms with Crippen LogP contribution >= 0.6 is 0 Å². The third-order valence-electron chi connectivity index (χ3n) is 3.92. The van der Waals surface area contributed by atoms with Gasteiger partial charge in [-0.25, -0.2) is 0 Å². The summed E-state index contributed by atoms with van der Waals surface area (Å²) >= 11 is 0. The third kappa shape index (κ3) is 1.86. The molecule has 2 aromatic rings. The lowest BCUT2D eigenvalue weighted by molar-refractivity contribution is 0.0960. The van der Waals surface area contributed by atoms with Gasteiger partial charge in [0.05, 0.1) is 0 Å². The van der Waals surface area contributed by atoms with Crippen molar-refractivity contribution in [3.63, 3.8) is 0 Å². The van der Waals surface area contributed by atoms with E-state index in [1.165, 1.54) is 5.56 Å². The first-order valence-electron chi connectivity index (χ1n) is 6.43. The van der Waals surface area contributed by atoms with E-state index in [4.69, 9.17) is 0 Å². The summed E-state index contributed by atoms with van der Waals surface area (Å²) in [6.45, 7) is 2.17. The highest BCUT2D eigenvalue weighted by atomic mass is 16.1. The molecule has 1 aliphatic carbocycles. The molecule has 1 aliphatic rings. The molecule has 0 N–H and O–H groups in total. The second-order valence-electron chi connectivity index (χ2n) is 5.05. The Kier molecular flexibility index (Phi) is 2.75. The van der Waals surface area contributed by atoms with Gasteiger partial charge in [-0.1, -0.05) is 67.6 Å². The van der Waals surface area contributed by atoms with Crippen LogP contribution in [0.4, 0.5) is 0 Å². The van der Waals surface area contributed by atoms with Crippen LogP contribution in [0.5, 0.6) is 0 Å². The van der Waals surface area contributed by atoms with E-state index in [-0.39, 0.29) is 11.7 Å². The lowest BCUT2D eigenvalue weighted by Crippen LogP contribution is -2.03. The smallest absolute Gasteiger partial charge is 0.166 e. The van der Waals surface area contributed by atoms with Crippen molar-refractivity contribution in [3.8, 4) is 0 Å². The van der Waals surface area contributed by atoms with Crippen molar-refractivity contribution < 1.29 is 4.79 Å². The van der Waals surface area contributed by atoms with Gasteiger partial charge in [-0.2, -0.15) is 0 Å². The van der Waals surface area contributed by atoms with E-state index in [1.807, 2.05) is 48.5 Å². The molecule has 90 valence electrons. The molecule has 1 heteroatoms. The number of hydrogen-bond acceptors (Lipinski definition) is 1. The van der Waals surface area contributed by atoms with Gasteiger partial charge < -0.3 is 0 Å². The van der Waals surface area contributed by atoms with E-state index in [1.54, 1.807) is 0 Å². The highest BCUT2D eigenvalue weighted by molar-refractivity contribution is 6.00. The maximum atomic E-state index is 12.4. The summed E-state index contributed by atoms with van der Waals surface area (Å²) in [7, 11) is 0. The van der Waals surface area contributed by atoms with Gasteiger partial charge in [0.25, 0.3) is 0 Å². The number of rotatable bonds is 3. The maximum absolute atomic E-state index is 12.4. The van der Waals surface area contributed by atoms with E-state index in [0.29, 0.717) is 11.8 Å². The fraction of sp³-hybridized carbons (Fsp3) is 0.235. The van der Waals surface area contributed by atoms with Crippen molar-refractivity contribution in [2.75, 3.05) is 0 Å². The quantitative estimate of drug-likeness (QED) is 0.738. The van der Waals surface area contributed by atoms with Crippen molar-refractivity contribution in [2.45, 2.75) is 12.8 Å². The first-order chi connectivity index (χ1) is 8.79. The molecule has 3 rings (SSSR count). The van der Waals surface area contributed by atoms with Crippen LogP contribution in [-0.4, -0.2) is 5.78 Å².